The lowest BCUT2D eigenvalue weighted by Crippen LogP contribution is -2.25. The molecule has 0 fully saturated rings. The van der Waals surface area contributed by atoms with Crippen molar-refractivity contribution >= 4 is 77.2 Å². The van der Waals surface area contributed by atoms with Gasteiger partial charge in [-0.15, -0.1) is 0 Å². The van der Waals surface area contributed by atoms with Crippen LogP contribution in [0.25, 0.3) is 43.1 Å². The lowest BCUT2D eigenvalue weighted by atomic mass is 10.0. The molecule has 0 saturated carbocycles. The molecule has 2 heterocycles. The van der Waals surface area contributed by atoms with Gasteiger partial charge in [0.25, 0.3) is 0 Å². The molecule has 9 rings (SSSR count). The standard InChI is InChI=1S/C38H30N4/c1-39-23-41(37-20-31-16-27-10-5-3-8-25(27)14-29(31)18-35(37)39)33-12-7-13-34(22-33)42-24-40(2)36-19-30-15-26-9-4-6-11-28(26)17-32(30)21-38(36)42/h3-22H,23-24H2,1-2H3. The van der Waals surface area contributed by atoms with E-state index in [1.54, 1.807) is 0 Å². The third-order valence-electron chi connectivity index (χ3n) is 9.16. The molecule has 2 aliphatic rings. The third kappa shape index (κ3) is 3.48. The third-order valence-corrected chi connectivity index (χ3v) is 9.16. The molecule has 0 saturated heterocycles. The SMILES string of the molecule is CN1CN(c2cccc(N3CN(C)c4cc5cc6ccccc6cc5cc43)c2)c2cc3cc4ccccc4cc3cc21. The van der Waals surface area contributed by atoms with Crippen molar-refractivity contribution in [2.75, 3.05) is 47.0 Å². The van der Waals surface area contributed by atoms with Crippen LogP contribution in [0.4, 0.5) is 34.1 Å². The molecule has 0 radical (unpaired) electrons. The van der Waals surface area contributed by atoms with Gasteiger partial charge in [-0.3, -0.25) is 0 Å². The van der Waals surface area contributed by atoms with Gasteiger partial charge in [0.15, 0.2) is 0 Å². The van der Waals surface area contributed by atoms with Crippen molar-refractivity contribution in [1.29, 1.82) is 0 Å². The summed E-state index contributed by atoms with van der Waals surface area (Å²) < 4.78 is 0. The molecule has 0 N–H and O–H groups in total. The molecule has 0 aromatic heterocycles. The Morgan fingerprint density at radius 1 is 0.357 bits per heavy atom. The number of nitrogens with zero attached hydrogens (tertiary/aromatic N) is 4. The summed E-state index contributed by atoms with van der Waals surface area (Å²) in [6.07, 6.45) is 0. The minimum atomic E-state index is 0.822. The molecule has 0 aliphatic carbocycles. The highest BCUT2D eigenvalue weighted by Gasteiger charge is 2.28. The Balaban J connectivity index is 1.13. The first-order valence-electron chi connectivity index (χ1n) is 14.6. The maximum absolute atomic E-state index is 2.45. The number of fused-ring (bicyclic) bond motifs is 6. The van der Waals surface area contributed by atoms with Crippen LogP contribution in [0.5, 0.6) is 0 Å². The summed E-state index contributed by atoms with van der Waals surface area (Å²) in [6, 6.07) is 45.0. The quantitative estimate of drug-likeness (QED) is 0.202. The summed E-state index contributed by atoms with van der Waals surface area (Å²) in [5.41, 5.74) is 7.48. The normalized spacial score (nSPS) is 14.5. The van der Waals surface area contributed by atoms with Crippen LogP contribution in [0.2, 0.25) is 0 Å². The first-order chi connectivity index (χ1) is 20.6. The lowest BCUT2D eigenvalue weighted by Gasteiger charge is -2.24. The topological polar surface area (TPSA) is 13.0 Å². The fourth-order valence-electron chi connectivity index (χ4n) is 6.98. The Morgan fingerprint density at radius 2 is 0.714 bits per heavy atom. The van der Waals surface area contributed by atoms with Crippen LogP contribution in [0, 0.1) is 0 Å². The van der Waals surface area contributed by atoms with Gasteiger partial charge in [-0.05, 0) is 110 Å². The van der Waals surface area contributed by atoms with Crippen LogP contribution in [0.15, 0.2) is 121 Å². The zero-order chi connectivity index (χ0) is 27.9. The minimum absolute atomic E-state index is 0.822. The van der Waals surface area contributed by atoms with E-state index in [9.17, 15) is 0 Å². The van der Waals surface area contributed by atoms with Gasteiger partial charge < -0.3 is 19.6 Å². The van der Waals surface area contributed by atoms with Crippen molar-refractivity contribution in [2.45, 2.75) is 0 Å². The van der Waals surface area contributed by atoms with Gasteiger partial charge in [-0.25, -0.2) is 0 Å². The van der Waals surface area contributed by atoms with Gasteiger partial charge in [0.2, 0.25) is 0 Å². The fourth-order valence-corrected chi connectivity index (χ4v) is 6.98. The maximum Gasteiger partial charge on any atom is 0.0950 e. The van der Waals surface area contributed by atoms with Crippen LogP contribution in [-0.2, 0) is 0 Å². The second kappa shape index (κ2) is 8.64. The molecule has 202 valence electrons. The summed E-state index contributed by atoms with van der Waals surface area (Å²) in [4.78, 5) is 9.60. The smallest absolute Gasteiger partial charge is 0.0950 e. The minimum Gasteiger partial charge on any atom is -0.355 e. The average molecular weight is 543 g/mol. The maximum atomic E-state index is 2.45. The Labute approximate surface area is 245 Å². The van der Waals surface area contributed by atoms with Crippen LogP contribution in [-0.4, -0.2) is 27.4 Å². The summed E-state index contributed by atoms with van der Waals surface area (Å²) in [5, 5.41) is 10.2. The monoisotopic (exact) mass is 542 g/mol. The number of hydrogen-bond donors (Lipinski definition) is 0. The number of hydrogen-bond acceptors (Lipinski definition) is 4. The predicted octanol–water partition coefficient (Wildman–Crippen LogP) is 9.39. The summed E-state index contributed by atoms with van der Waals surface area (Å²) in [5.74, 6) is 0. The van der Waals surface area contributed by atoms with Crippen LogP contribution in [0.3, 0.4) is 0 Å². The molecule has 2 aliphatic heterocycles. The second-order valence-electron chi connectivity index (χ2n) is 11.8. The van der Waals surface area contributed by atoms with Crippen molar-refractivity contribution in [3.8, 4) is 0 Å². The Morgan fingerprint density at radius 3 is 1.10 bits per heavy atom. The van der Waals surface area contributed by atoms with Gasteiger partial charge in [0.05, 0.1) is 36.1 Å². The molecule has 0 amide bonds. The molecular formula is C38H30N4. The van der Waals surface area contributed by atoms with E-state index in [1.807, 2.05) is 0 Å². The van der Waals surface area contributed by atoms with Gasteiger partial charge in [-0.2, -0.15) is 0 Å². The number of anilines is 6. The van der Waals surface area contributed by atoms with Crippen molar-refractivity contribution < 1.29 is 0 Å². The zero-order valence-electron chi connectivity index (χ0n) is 23.8. The number of benzene rings is 7. The van der Waals surface area contributed by atoms with Crippen molar-refractivity contribution in [3.05, 3.63) is 121 Å². The van der Waals surface area contributed by atoms with E-state index in [-0.39, 0.29) is 0 Å². The molecule has 0 atom stereocenters. The summed E-state index contributed by atoms with van der Waals surface area (Å²) >= 11 is 0. The van der Waals surface area contributed by atoms with Crippen LogP contribution in [0.1, 0.15) is 0 Å². The van der Waals surface area contributed by atoms with Crippen LogP contribution >= 0.6 is 0 Å². The fraction of sp³-hybridized carbons (Fsp3) is 0.105. The van der Waals surface area contributed by atoms with E-state index in [0.29, 0.717) is 0 Å². The van der Waals surface area contributed by atoms with Crippen molar-refractivity contribution in [2.24, 2.45) is 0 Å². The molecule has 7 aromatic carbocycles. The first-order valence-corrected chi connectivity index (χ1v) is 14.6. The van der Waals surface area contributed by atoms with E-state index in [0.717, 1.165) is 13.3 Å². The largest absolute Gasteiger partial charge is 0.355 e. The molecular weight excluding hydrogens is 512 g/mol. The molecule has 4 nitrogen and oxygen atoms in total. The first kappa shape index (κ1) is 23.5. The zero-order valence-corrected chi connectivity index (χ0v) is 23.8. The number of rotatable bonds is 2. The van der Waals surface area contributed by atoms with E-state index in [1.165, 1.54) is 77.2 Å². The molecule has 7 aromatic rings. The van der Waals surface area contributed by atoms with Crippen molar-refractivity contribution in [3.63, 3.8) is 0 Å². The van der Waals surface area contributed by atoms with E-state index < -0.39 is 0 Å². The summed E-state index contributed by atoms with van der Waals surface area (Å²) in [7, 11) is 4.38. The molecule has 0 spiro atoms. The summed E-state index contributed by atoms with van der Waals surface area (Å²) in [6.45, 7) is 1.64. The lowest BCUT2D eigenvalue weighted by molar-refractivity contribution is 0.940. The molecule has 42 heavy (non-hydrogen) atoms. The highest BCUT2D eigenvalue weighted by molar-refractivity contribution is 6.05. The molecule has 0 bridgehead atoms. The highest BCUT2D eigenvalue weighted by atomic mass is 15.4. The molecule has 0 unspecified atom stereocenters. The van der Waals surface area contributed by atoms with E-state index in [4.69, 9.17) is 0 Å². The Kier molecular flexibility index (Phi) is 4.83. The highest BCUT2D eigenvalue weighted by Crippen LogP contribution is 2.46. The average Bonchev–Trinajstić information content (AvgIpc) is 3.52. The van der Waals surface area contributed by atoms with Crippen molar-refractivity contribution in [1.82, 2.24) is 0 Å². The van der Waals surface area contributed by atoms with Gasteiger partial charge in [0, 0.05) is 25.5 Å². The second-order valence-corrected chi connectivity index (χ2v) is 11.8. The predicted molar refractivity (Wildman–Crippen MR) is 180 cm³/mol. The van der Waals surface area contributed by atoms with E-state index in [2.05, 4.69) is 155 Å². The Hall–Kier alpha value is -5.22. The van der Waals surface area contributed by atoms with Gasteiger partial charge in [-0.1, -0.05) is 54.6 Å². The Bertz CT molecular complexity index is 2060. The van der Waals surface area contributed by atoms with Gasteiger partial charge in [0.1, 0.15) is 0 Å². The molecule has 4 heteroatoms. The van der Waals surface area contributed by atoms with E-state index >= 15 is 0 Å². The van der Waals surface area contributed by atoms with Crippen LogP contribution < -0.4 is 19.6 Å². The van der Waals surface area contributed by atoms with Gasteiger partial charge >= 0.3 is 0 Å².